The van der Waals surface area contributed by atoms with Gasteiger partial charge in [0.2, 0.25) is 0 Å². The Labute approximate surface area is 212 Å². The Hall–Kier alpha value is -3.60. The largest absolute Gasteiger partial charge is 0.497 e. The highest BCUT2D eigenvalue weighted by Crippen LogP contribution is 2.20. The monoisotopic (exact) mass is 486 g/mol. The number of carbonyl (C=O) groups excluding carboxylic acids is 1. The zero-order valence-electron chi connectivity index (χ0n) is 19.9. The van der Waals surface area contributed by atoms with Crippen LogP contribution in [0.5, 0.6) is 5.75 Å². The first-order valence-corrected chi connectivity index (χ1v) is 12.0. The van der Waals surface area contributed by atoms with E-state index >= 15 is 0 Å². The summed E-state index contributed by atoms with van der Waals surface area (Å²) >= 11 is 5.87. The molecule has 0 spiro atoms. The molecule has 0 heterocycles. The lowest BCUT2D eigenvalue weighted by atomic mass is 10.0. The van der Waals surface area contributed by atoms with Crippen molar-refractivity contribution in [1.82, 2.24) is 5.32 Å². The molecule has 0 aliphatic rings. The number of rotatable bonds is 8. The lowest BCUT2D eigenvalue weighted by molar-refractivity contribution is 0.0954. The second kappa shape index (κ2) is 14.0. The number of hydrogen-bond donors (Lipinski definition) is 2. The molecule has 0 aromatic heterocycles. The van der Waals surface area contributed by atoms with Crippen molar-refractivity contribution in [3.63, 3.8) is 0 Å². The summed E-state index contributed by atoms with van der Waals surface area (Å²) in [5, 5.41) is 3.69. The molecule has 0 saturated carbocycles. The second-order valence-electron chi connectivity index (χ2n) is 7.97. The maximum Gasteiger partial charge on any atom is 0.251 e. The number of nitrogens with two attached hydrogens (primary N) is 1. The molecule has 4 nitrogen and oxygen atoms in total. The van der Waals surface area contributed by atoms with Gasteiger partial charge in [0, 0.05) is 17.1 Å². The summed E-state index contributed by atoms with van der Waals surface area (Å²) < 4.78 is 5.06. The maximum absolute atomic E-state index is 12.3. The molecule has 0 fully saturated rings. The van der Waals surface area contributed by atoms with Crippen molar-refractivity contribution in [2.45, 2.75) is 12.8 Å². The Balaban J connectivity index is 0.000000261. The van der Waals surface area contributed by atoms with E-state index in [-0.39, 0.29) is 5.91 Å². The Morgan fingerprint density at radius 2 is 1.51 bits per heavy atom. The lowest BCUT2D eigenvalue weighted by Gasteiger charge is -2.08. The van der Waals surface area contributed by atoms with Gasteiger partial charge in [-0.15, -0.1) is 0 Å². The molecular weight excluding hydrogens is 456 g/mol. The zero-order chi connectivity index (χ0) is 24.9. The van der Waals surface area contributed by atoms with Gasteiger partial charge in [0.15, 0.2) is 0 Å². The van der Waals surface area contributed by atoms with Crippen molar-refractivity contribution in [2.75, 3.05) is 20.2 Å². The molecule has 180 valence electrons. The molecule has 5 heteroatoms. The molecule has 0 saturated heterocycles. The van der Waals surface area contributed by atoms with Crippen LogP contribution >= 0.6 is 11.6 Å². The van der Waals surface area contributed by atoms with Gasteiger partial charge in [-0.25, -0.2) is 0 Å². The maximum atomic E-state index is 12.3. The van der Waals surface area contributed by atoms with E-state index in [4.69, 9.17) is 22.1 Å². The average Bonchev–Trinajstić information content (AvgIpc) is 2.91. The van der Waals surface area contributed by atoms with Crippen LogP contribution in [0.3, 0.4) is 0 Å². The molecule has 0 aliphatic heterocycles. The van der Waals surface area contributed by atoms with Crippen molar-refractivity contribution in [2.24, 2.45) is 5.73 Å². The number of nitrogens with one attached hydrogen (secondary N) is 1. The standard InChI is InChI=1S/C21H18ClNO.C9H13NO/c22-20-11-9-16(10-12-20)13-14-23-21(24)19-8-4-7-18(15-19)17-5-2-1-3-6-17;1-11-9-4-2-3-8(7-9)5-6-10/h1-12,15H,13-14H2,(H,23,24);2-4,7H,5-6,10H2,1H3. The first-order valence-electron chi connectivity index (χ1n) is 11.6. The van der Waals surface area contributed by atoms with Crippen LogP contribution in [0.15, 0.2) is 103 Å². The van der Waals surface area contributed by atoms with E-state index in [0.29, 0.717) is 18.7 Å². The minimum Gasteiger partial charge on any atom is -0.497 e. The smallest absolute Gasteiger partial charge is 0.251 e. The highest BCUT2D eigenvalue weighted by Gasteiger charge is 2.06. The van der Waals surface area contributed by atoms with Gasteiger partial charge in [-0.05, 0) is 78.0 Å². The normalized spacial score (nSPS) is 10.1. The van der Waals surface area contributed by atoms with Crippen LogP contribution in [0, 0.1) is 0 Å². The summed E-state index contributed by atoms with van der Waals surface area (Å²) in [6.07, 6.45) is 1.69. The molecule has 4 aromatic rings. The quantitative estimate of drug-likeness (QED) is 0.312. The summed E-state index contributed by atoms with van der Waals surface area (Å²) in [4.78, 5) is 12.3. The van der Waals surface area contributed by atoms with E-state index in [9.17, 15) is 4.79 Å². The van der Waals surface area contributed by atoms with Crippen molar-refractivity contribution in [1.29, 1.82) is 0 Å². The Kier molecular flexibility index (Phi) is 10.4. The summed E-state index contributed by atoms with van der Waals surface area (Å²) in [6, 6.07) is 33.4. The molecule has 4 aromatic carbocycles. The van der Waals surface area contributed by atoms with Gasteiger partial charge in [-0.2, -0.15) is 0 Å². The van der Waals surface area contributed by atoms with Gasteiger partial charge in [0.05, 0.1) is 7.11 Å². The molecule has 0 bridgehead atoms. The molecule has 0 unspecified atom stereocenters. The fraction of sp³-hybridized carbons (Fsp3) is 0.167. The van der Waals surface area contributed by atoms with Crippen molar-refractivity contribution >= 4 is 17.5 Å². The van der Waals surface area contributed by atoms with Crippen LogP contribution in [0.1, 0.15) is 21.5 Å². The molecule has 4 rings (SSSR count). The van der Waals surface area contributed by atoms with Gasteiger partial charge in [-0.3, -0.25) is 4.79 Å². The predicted octanol–water partition coefficient (Wildman–Crippen LogP) is 6.18. The lowest BCUT2D eigenvalue weighted by Crippen LogP contribution is -2.25. The number of benzene rings is 4. The van der Waals surface area contributed by atoms with Gasteiger partial charge < -0.3 is 15.8 Å². The third kappa shape index (κ3) is 8.60. The molecule has 0 aliphatic carbocycles. The number of halogens is 1. The van der Waals surface area contributed by atoms with Crippen LogP contribution in [-0.2, 0) is 12.8 Å². The Morgan fingerprint density at radius 3 is 2.23 bits per heavy atom. The van der Waals surface area contributed by atoms with Crippen molar-refractivity contribution in [3.8, 4) is 16.9 Å². The minimum atomic E-state index is -0.0539. The van der Waals surface area contributed by atoms with Crippen LogP contribution in [0.25, 0.3) is 11.1 Å². The summed E-state index contributed by atoms with van der Waals surface area (Å²) in [5.41, 5.74) is 10.6. The number of methoxy groups -OCH3 is 1. The topological polar surface area (TPSA) is 64.3 Å². The van der Waals surface area contributed by atoms with Gasteiger partial charge in [0.25, 0.3) is 5.91 Å². The highest BCUT2D eigenvalue weighted by atomic mass is 35.5. The SMILES string of the molecule is COc1cccc(CCN)c1.O=C(NCCc1ccc(Cl)cc1)c1cccc(-c2ccccc2)c1. The molecule has 0 radical (unpaired) electrons. The fourth-order valence-corrected chi connectivity index (χ4v) is 3.66. The van der Waals surface area contributed by atoms with E-state index < -0.39 is 0 Å². The molecular formula is C30H31ClN2O2. The molecule has 0 atom stereocenters. The first-order chi connectivity index (χ1) is 17.1. The van der Waals surface area contributed by atoms with E-state index in [1.807, 2.05) is 97.1 Å². The Bertz CT molecular complexity index is 1190. The summed E-state index contributed by atoms with van der Waals surface area (Å²) in [5.74, 6) is 0.845. The third-order valence-corrected chi connectivity index (χ3v) is 5.66. The van der Waals surface area contributed by atoms with Gasteiger partial charge in [-0.1, -0.05) is 78.3 Å². The molecule has 3 N–H and O–H groups in total. The van der Waals surface area contributed by atoms with Crippen molar-refractivity contribution in [3.05, 3.63) is 125 Å². The van der Waals surface area contributed by atoms with Crippen LogP contribution in [0.4, 0.5) is 0 Å². The first kappa shape index (κ1) is 26.0. The number of amides is 1. The molecule has 35 heavy (non-hydrogen) atoms. The Morgan fingerprint density at radius 1 is 0.800 bits per heavy atom. The van der Waals surface area contributed by atoms with Crippen LogP contribution < -0.4 is 15.8 Å². The fourth-order valence-electron chi connectivity index (χ4n) is 3.54. The number of hydrogen-bond acceptors (Lipinski definition) is 3. The predicted molar refractivity (Wildman–Crippen MR) is 145 cm³/mol. The minimum absolute atomic E-state index is 0.0539. The van der Waals surface area contributed by atoms with E-state index in [1.54, 1.807) is 7.11 Å². The van der Waals surface area contributed by atoms with E-state index in [1.165, 1.54) is 5.56 Å². The van der Waals surface area contributed by atoms with Crippen LogP contribution in [-0.4, -0.2) is 26.1 Å². The highest BCUT2D eigenvalue weighted by molar-refractivity contribution is 6.30. The zero-order valence-corrected chi connectivity index (χ0v) is 20.7. The second-order valence-corrected chi connectivity index (χ2v) is 8.41. The molecule has 1 amide bonds. The van der Waals surface area contributed by atoms with Gasteiger partial charge >= 0.3 is 0 Å². The summed E-state index contributed by atoms with van der Waals surface area (Å²) in [7, 11) is 1.67. The van der Waals surface area contributed by atoms with Gasteiger partial charge in [0.1, 0.15) is 5.75 Å². The van der Waals surface area contributed by atoms with Crippen LogP contribution in [0.2, 0.25) is 5.02 Å². The van der Waals surface area contributed by atoms with Crippen molar-refractivity contribution < 1.29 is 9.53 Å². The number of ether oxygens (including phenoxy) is 1. The van der Waals surface area contributed by atoms with E-state index in [0.717, 1.165) is 40.3 Å². The summed E-state index contributed by atoms with van der Waals surface area (Å²) in [6.45, 7) is 1.28. The number of carbonyl (C=O) groups is 1. The average molecular weight is 487 g/mol. The van der Waals surface area contributed by atoms with E-state index in [2.05, 4.69) is 11.4 Å². The third-order valence-electron chi connectivity index (χ3n) is 5.41.